The maximum Gasteiger partial charge on any atom is 0.292 e. The van der Waals surface area contributed by atoms with Gasteiger partial charge in [-0.05, 0) is 13.6 Å². The van der Waals surface area contributed by atoms with Crippen LogP contribution in [0.25, 0.3) is 0 Å². The highest BCUT2D eigenvalue weighted by molar-refractivity contribution is 7.86. The number of nitrogens with one attached hydrogen (secondary N) is 1. The molecule has 0 aliphatic carbocycles. The molecule has 0 spiro atoms. The van der Waals surface area contributed by atoms with Crippen molar-refractivity contribution in [1.29, 1.82) is 0 Å². The second-order valence-corrected chi connectivity index (χ2v) is 7.58. The Morgan fingerprint density at radius 2 is 1.48 bits per heavy atom. The van der Waals surface area contributed by atoms with Crippen molar-refractivity contribution in [1.82, 2.24) is 10.2 Å². The highest BCUT2D eigenvalue weighted by Crippen LogP contribution is 1.97. The van der Waals surface area contributed by atoms with Crippen molar-refractivity contribution in [2.24, 2.45) is 0 Å². The summed E-state index contributed by atoms with van der Waals surface area (Å²) in [5.41, 5.74) is -1.67. The first-order valence-electron chi connectivity index (χ1n) is 6.66. The van der Waals surface area contributed by atoms with Gasteiger partial charge in [0.15, 0.2) is 5.44 Å². The quantitative estimate of drug-likeness (QED) is 0.200. The Hall–Kier alpha value is -0.380. The van der Waals surface area contributed by atoms with Gasteiger partial charge in [0, 0.05) is 26.1 Å². The van der Waals surface area contributed by atoms with E-state index in [9.17, 15) is 16.8 Å². The van der Waals surface area contributed by atoms with Gasteiger partial charge in [-0.15, -0.1) is 0 Å². The fourth-order valence-electron chi connectivity index (χ4n) is 1.28. The molecule has 0 saturated heterocycles. The van der Waals surface area contributed by atoms with Gasteiger partial charge in [0.1, 0.15) is 0 Å². The molecular formula is C10H26N2O9S2. The highest BCUT2D eigenvalue weighted by atomic mass is 32.2. The van der Waals surface area contributed by atoms with Crippen LogP contribution in [0.4, 0.5) is 0 Å². The maximum absolute atomic E-state index is 10.3. The molecule has 1 unspecified atom stereocenters. The van der Waals surface area contributed by atoms with E-state index in [4.69, 9.17) is 24.4 Å². The zero-order valence-electron chi connectivity index (χ0n) is 12.9. The lowest BCUT2D eigenvalue weighted by Crippen LogP contribution is -2.34. The summed E-state index contributed by atoms with van der Waals surface area (Å²) in [7, 11) is -6.60. The van der Waals surface area contributed by atoms with E-state index >= 15 is 0 Å². The van der Waals surface area contributed by atoms with E-state index in [1.165, 1.54) is 0 Å². The molecule has 23 heavy (non-hydrogen) atoms. The summed E-state index contributed by atoms with van der Waals surface area (Å²) in [5.74, 6) is -0.382. The molecule has 0 saturated carbocycles. The number of aliphatic hydroxyl groups excluding tert-OH is 3. The summed E-state index contributed by atoms with van der Waals surface area (Å²) in [4.78, 5) is 1.55. The van der Waals surface area contributed by atoms with Crippen LogP contribution >= 0.6 is 0 Å². The van der Waals surface area contributed by atoms with Gasteiger partial charge < -0.3 is 20.6 Å². The second-order valence-electron chi connectivity index (χ2n) is 4.44. The third-order valence-electron chi connectivity index (χ3n) is 2.48. The smallest absolute Gasteiger partial charge is 0.292 e. The van der Waals surface area contributed by atoms with Crippen molar-refractivity contribution in [3.8, 4) is 0 Å². The molecule has 11 nitrogen and oxygen atoms in total. The zero-order valence-corrected chi connectivity index (χ0v) is 14.5. The number of aliphatic hydroxyl groups is 3. The molecule has 0 bridgehead atoms. The SMILES string of the molecule is CNCCC(O)S(=O)(=O)O.O=S(=O)(O)CCN(CCO)CCO. The van der Waals surface area contributed by atoms with E-state index in [-0.39, 0.29) is 45.0 Å². The van der Waals surface area contributed by atoms with E-state index in [1.807, 2.05) is 0 Å². The van der Waals surface area contributed by atoms with E-state index < -0.39 is 25.7 Å². The number of rotatable bonds is 11. The van der Waals surface area contributed by atoms with Gasteiger partial charge in [0.2, 0.25) is 0 Å². The monoisotopic (exact) mass is 382 g/mol. The maximum atomic E-state index is 10.3. The number of nitrogens with zero attached hydrogens (tertiary/aromatic N) is 1. The van der Waals surface area contributed by atoms with Crippen LogP contribution in [0.2, 0.25) is 0 Å². The van der Waals surface area contributed by atoms with E-state index in [0.717, 1.165) is 0 Å². The van der Waals surface area contributed by atoms with Crippen molar-refractivity contribution < 1.29 is 41.3 Å². The largest absolute Gasteiger partial charge is 0.395 e. The van der Waals surface area contributed by atoms with Crippen molar-refractivity contribution in [2.75, 3.05) is 52.2 Å². The van der Waals surface area contributed by atoms with Gasteiger partial charge in [0.05, 0.1) is 19.0 Å². The first kappa shape index (κ1) is 24.9. The molecule has 1 atom stereocenters. The number of hydrogen-bond donors (Lipinski definition) is 6. The fraction of sp³-hybridized carbons (Fsp3) is 1.00. The van der Waals surface area contributed by atoms with Crippen LogP contribution in [0.15, 0.2) is 0 Å². The Morgan fingerprint density at radius 1 is 1.00 bits per heavy atom. The van der Waals surface area contributed by atoms with Crippen LogP contribution in [-0.4, -0.2) is 104 Å². The van der Waals surface area contributed by atoms with E-state index in [2.05, 4.69) is 5.32 Å². The molecule has 0 amide bonds. The summed E-state index contributed by atoms with van der Waals surface area (Å²) < 4.78 is 57.6. The molecule has 0 rings (SSSR count). The Labute approximate surface area is 136 Å². The van der Waals surface area contributed by atoms with Crippen LogP contribution in [0.3, 0.4) is 0 Å². The molecule has 0 aromatic heterocycles. The summed E-state index contributed by atoms with van der Waals surface area (Å²) in [6, 6.07) is 0. The minimum absolute atomic E-state index is 0.00463. The number of hydrogen-bond acceptors (Lipinski definition) is 9. The van der Waals surface area contributed by atoms with Crippen LogP contribution in [0.5, 0.6) is 0 Å². The highest BCUT2D eigenvalue weighted by Gasteiger charge is 2.17. The first-order chi connectivity index (χ1) is 10.5. The second kappa shape index (κ2) is 13.0. The minimum atomic E-state index is -4.26. The molecule has 13 heteroatoms. The van der Waals surface area contributed by atoms with Gasteiger partial charge >= 0.3 is 0 Å². The Balaban J connectivity index is 0. The average Bonchev–Trinajstić information content (AvgIpc) is 2.41. The topological polar surface area (TPSA) is 185 Å². The van der Waals surface area contributed by atoms with Crippen LogP contribution in [0.1, 0.15) is 6.42 Å². The molecule has 0 aromatic rings. The van der Waals surface area contributed by atoms with Crippen LogP contribution in [-0.2, 0) is 20.2 Å². The first-order valence-corrected chi connectivity index (χ1v) is 9.77. The predicted molar refractivity (Wildman–Crippen MR) is 83.1 cm³/mol. The van der Waals surface area contributed by atoms with Crippen molar-refractivity contribution in [3.63, 3.8) is 0 Å². The molecule has 142 valence electrons. The van der Waals surface area contributed by atoms with Crippen LogP contribution < -0.4 is 5.32 Å². The molecule has 0 fully saturated rings. The lowest BCUT2D eigenvalue weighted by atomic mass is 10.4. The van der Waals surface area contributed by atoms with Gasteiger partial charge in [0.25, 0.3) is 20.2 Å². The standard InChI is InChI=1S/C6H15NO5S.C4H11NO4S/c8-4-1-7(2-5-9)3-6-13(10,11)12;1-5-3-2-4(6)10(7,8)9/h8-9H,1-6H2,(H,10,11,12);4-6H,2-3H2,1H3,(H,7,8,9). The Bertz CT molecular complexity index is 475. The summed E-state index contributed by atoms with van der Waals surface area (Å²) in [6.45, 7) is 0.823. The third-order valence-corrected chi connectivity index (χ3v) is 4.10. The normalized spacial score (nSPS) is 13.5. The average molecular weight is 382 g/mol. The lowest BCUT2D eigenvalue weighted by molar-refractivity contribution is 0.166. The predicted octanol–water partition coefficient (Wildman–Crippen LogP) is -3.04. The van der Waals surface area contributed by atoms with Gasteiger partial charge in [-0.1, -0.05) is 0 Å². The molecule has 0 radical (unpaired) electrons. The van der Waals surface area contributed by atoms with Crippen molar-refractivity contribution >= 4 is 20.2 Å². The third kappa shape index (κ3) is 17.8. The fourth-order valence-corrected chi connectivity index (χ4v) is 2.18. The molecule has 0 aliphatic heterocycles. The Kier molecular flexibility index (Phi) is 14.0. The van der Waals surface area contributed by atoms with Crippen molar-refractivity contribution in [3.05, 3.63) is 0 Å². The van der Waals surface area contributed by atoms with Crippen molar-refractivity contribution in [2.45, 2.75) is 11.9 Å². The van der Waals surface area contributed by atoms with Gasteiger partial charge in [-0.25, -0.2) is 0 Å². The molecule has 0 aromatic carbocycles. The van der Waals surface area contributed by atoms with Gasteiger partial charge in [-0.2, -0.15) is 16.8 Å². The Morgan fingerprint density at radius 3 is 1.78 bits per heavy atom. The molecule has 0 aliphatic rings. The summed E-state index contributed by atoms with van der Waals surface area (Å²) in [5, 5.41) is 28.4. The lowest BCUT2D eigenvalue weighted by Gasteiger charge is -2.18. The zero-order chi connectivity index (χ0) is 18.5. The summed E-state index contributed by atoms with van der Waals surface area (Å²) >= 11 is 0. The molecular weight excluding hydrogens is 356 g/mol. The molecule has 6 N–H and O–H groups in total. The molecule has 0 heterocycles. The summed E-state index contributed by atoms with van der Waals surface area (Å²) in [6.07, 6.45) is -0.00463. The van der Waals surface area contributed by atoms with E-state index in [1.54, 1.807) is 11.9 Å². The van der Waals surface area contributed by atoms with Crippen LogP contribution in [0, 0.1) is 0 Å². The van der Waals surface area contributed by atoms with Gasteiger partial charge in [-0.3, -0.25) is 14.0 Å². The minimum Gasteiger partial charge on any atom is -0.395 e. The van der Waals surface area contributed by atoms with E-state index in [0.29, 0.717) is 6.54 Å².